The van der Waals surface area contributed by atoms with E-state index in [4.69, 9.17) is 5.73 Å². The smallest absolute Gasteiger partial charge is 0.270 e. The molecule has 1 aromatic heterocycles. The molecule has 4 heteroatoms. The second-order valence-corrected chi connectivity index (χ2v) is 4.55. The molecule has 0 fully saturated rings. The molecule has 0 unspecified atom stereocenters. The minimum Gasteiger partial charge on any atom is -0.347 e. The number of nitrogens with one attached hydrogen (secondary N) is 1. The lowest BCUT2D eigenvalue weighted by molar-refractivity contribution is 0.0945. The van der Waals surface area contributed by atoms with E-state index in [1.54, 1.807) is 6.07 Å². The maximum absolute atomic E-state index is 12.0. The van der Waals surface area contributed by atoms with Crippen molar-refractivity contribution in [2.24, 2.45) is 5.73 Å². The van der Waals surface area contributed by atoms with Crippen molar-refractivity contribution in [2.75, 3.05) is 6.54 Å². The van der Waals surface area contributed by atoms with E-state index in [0.717, 1.165) is 16.8 Å². The number of nitrogens with zero attached hydrogens (tertiary/aromatic N) is 1. The van der Waals surface area contributed by atoms with Gasteiger partial charge in [0.2, 0.25) is 0 Å². The van der Waals surface area contributed by atoms with Crippen molar-refractivity contribution in [3.05, 3.63) is 65.0 Å². The Labute approximate surface area is 124 Å². The van der Waals surface area contributed by atoms with E-state index < -0.39 is 0 Å². The zero-order valence-corrected chi connectivity index (χ0v) is 11.9. The van der Waals surface area contributed by atoms with Crippen molar-refractivity contribution in [3.8, 4) is 11.8 Å². The summed E-state index contributed by atoms with van der Waals surface area (Å²) in [4.78, 5) is 16.2. The second kappa shape index (κ2) is 7.22. The van der Waals surface area contributed by atoms with Crippen LogP contribution in [0.25, 0.3) is 0 Å². The maximum atomic E-state index is 12.0. The predicted octanol–water partition coefficient (Wildman–Crippen LogP) is 1.63. The molecular weight excluding hydrogens is 262 g/mol. The van der Waals surface area contributed by atoms with Crippen LogP contribution in [0, 0.1) is 18.8 Å². The lowest BCUT2D eigenvalue weighted by atomic mass is 10.1. The number of amides is 1. The largest absolute Gasteiger partial charge is 0.347 e. The van der Waals surface area contributed by atoms with Crippen molar-refractivity contribution in [3.63, 3.8) is 0 Å². The average molecular weight is 279 g/mol. The zero-order chi connectivity index (χ0) is 15.1. The topological polar surface area (TPSA) is 68.0 Å². The first-order valence-corrected chi connectivity index (χ1v) is 6.69. The molecular formula is C17H17N3O. The van der Waals surface area contributed by atoms with Crippen molar-refractivity contribution < 1.29 is 4.79 Å². The molecule has 0 bridgehead atoms. The third kappa shape index (κ3) is 4.44. The van der Waals surface area contributed by atoms with E-state index >= 15 is 0 Å². The number of hydrogen-bond acceptors (Lipinski definition) is 3. The summed E-state index contributed by atoms with van der Waals surface area (Å²) in [6.07, 6.45) is 0. The number of aromatic nitrogens is 1. The number of rotatable bonds is 3. The number of hydrogen-bond donors (Lipinski definition) is 2. The van der Waals surface area contributed by atoms with E-state index in [-0.39, 0.29) is 5.91 Å². The summed E-state index contributed by atoms with van der Waals surface area (Å²) in [6, 6.07) is 13.1. The van der Waals surface area contributed by atoms with Crippen LogP contribution in [-0.2, 0) is 6.54 Å². The number of carbonyl (C=O) groups excluding carboxylic acids is 1. The molecule has 2 aromatic rings. The van der Waals surface area contributed by atoms with Crippen LogP contribution in [0.2, 0.25) is 0 Å². The molecule has 2 rings (SSSR count). The Hall–Kier alpha value is -2.64. The Kier molecular flexibility index (Phi) is 5.08. The van der Waals surface area contributed by atoms with Crippen LogP contribution >= 0.6 is 0 Å². The van der Waals surface area contributed by atoms with Crippen LogP contribution < -0.4 is 11.1 Å². The Morgan fingerprint density at radius 1 is 1.24 bits per heavy atom. The van der Waals surface area contributed by atoms with Gasteiger partial charge in [-0.15, -0.1) is 0 Å². The molecule has 1 aromatic carbocycles. The molecule has 0 aliphatic rings. The maximum Gasteiger partial charge on any atom is 0.270 e. The van der Waals surface area contributed by atoms with E-state index in [1.165, 1.54) is 0 Å². The van der Waals surface area contributed by atoms with Crippen molar-refractivity contribution in [2.45, 2.75) is 13.5 Å². The second-order valence-electron chi connectivity index (χ2n) is 4.55. The summed E-state index contributed by atoms with van der Waals surface area (Å²) in [5, 5.41) is 2.85. The monoisotopic (exact) mass is 279 g/mol. The number of pyridine rings is 1. The van der Waals surface area contributed by atoms with E-state index in [1.807, 2.05) is 43.3 Å². The Balaban J connectivity index is 1.95. The summed E-state index contributed by atoms with van der Waals surface area (Å²) in [6.45, 7) is 2.66. The average Bonchev–Trinajstić information content (AvgIpc) is 2.51. The molecule has 1 amide bonds. The standard InChI is InChI=1S/C17H17N3O/c1-13-4-2-6-16(20-13)17(21)19-12-15-9-7-14(8-10-15)5-3-11-18/h2,4,6-10H,11-12,18H2,1H3,(H,19,21). The first-order valence-electron chi connectivity index (χ1n) is 6.69. The summed E-state index contributed by atoms with van der Waals surface area (Å²) in [7, 11) is 0. The van der Waals surface area contributed by atoms with Gasteiger partial charge in [-0.05, 0) is 36.8 Å². The van der Waals surface area contributed by atoms with Gasteiger partial charge < -0.3 is 11.1 Å². The van der Waals surface area contributed by atoms with Crippen LogP contribution in [0.4, 0.5) is 0 Å². The highest BCUT2D eigenvalue weighted by atomic mass is 16.1. The van der Waals surface area contributed by atoms with Crippen LogP contribution in [0.5, 0.6) is 0 Å². The van der Waals surface area contributed by atoms with Gasteiger partial charge in [-0.3, -0.25) is 4.79 Å². The molecule has 0 aliphatic carbocycles. The van der Waals surface area contributed by atoms with Gasteiger partial charge in [0.15, 0.2) is 0 Å². The lowest BCUT2D eigenvalue weighted by Gasteiger charge is -2.05. The number of nitrogens with two attached hydrogens (primary N) is 1. The Bertz CT molecular complexity index is 681. The number of benzene rings is 1. The van der Waals surface area contributed by atoms with E-state index in [2.05, 4.69) is 22.1 Å². The van der Waals surface area contributed by atoms with Gasteiger partial charge in [0.25, 0.3) is 5.91 Å². The number of aryl methyl sites for hydroxylation is 1. The summed E-state index contributed by atoms with van der Waals surface area (Å²) < 4.78 is 0. The molecule has 106 valence electrons. The molecule has 0 saturated carbocycles. The fourth-order valence-electron chi connectivity index (χ4n) is 1.80. The highest BCUT2D eigenvalue weighted by Gasteiger charge is 2.06. The molecule has 0 spiro atoms. The quantitative estimate of drug-likeness (QED) is 0.839. The molecule has 21 heavy (non-hydrogen) atoms. The van der Waals surface area contributed by atoms with Gasteiger partial charge in [-0.1, -0.05) is 30.0 Å². The fraction of sp³-hybridized carbons (Fsp3) is 0.176. The van der Waals surface area contributed by atoms with Crippen LogP contribution in [0.3, 0.4) is 0 Å². The molecule has 0 aliphatic heterocycles. The minimum atomic E-state index is -0.175. The van der Waals surface area contributed by atoms with Crippen LogP contribution in [0.1, 0.15) is 27.3 Å². The van der Waals surface area contributed by atoms with Crippen LogP contribution in [-0.4, -0.2) is 17.4 Å². The normalized spacial score (nSPS) is 9.62. The highest BCUT2D eigenvalue weighted by molar-refractivity contribution is 5.92. The van der Waals surface area contributed by atoms with Crippen molar-refractivity contribution in [1.82, 2.24) is 10.3 Å². The van der Waals surface area contributed by atoms with Gasteiger partial charge in [-0.25, -0.2) is 4.98 Å². The van der Waals surface area contributed by atoms with Crippen molar-refractivity contribution >= 4 is 5.91 Å². The zero-order valence-electron chi connectivity index (χ0n) is 11.9. The van der Waals surface area contributed by atoms with Gasteiger partial charge in [0.05, 0.1) is 6.54 Å². The number of carbonyl (C=O) groups is 1. The Morgan fingerprint density at radius 3 is 2.67 bits per heavy atom. The Morgan fingerprint density at radius 2 is 2.00 bits per heavy atom. The fourth-order valence-corrected chi connectivity index (χ4v) is 1.80. The van der Waals surface area contributed by atoms with Gasteiger partial charge in [-0.2, -0.15) is 0 Å². The molecule has 0 atom stereocenters. The van der Waals surface area contributed by atoms with E-state index in [0.29, 0.717) is 18.8 Å². The first-order chi connectivity index (χ1) is 10.2. The first kappa shape index (κ1) is 14.8. The third-order valence-corrected chi connectivity index (χ3v) is 2.86. The molecule has 3 N–H and O–H groups in total. The molecule has 4 nitrogen and oxygen atoms in total. The van der Waals surface area contributed by atoms with Gasteiger partial charge in [0.1, 0.15) is 5.69 Å². The van der Waals surface area contributed by atoms with E-state index in [9.17, 15) is 4.79 Å². The SMILES string of the molecule is Cc1cccc(C(=O)NCc2ccc(C#CCN)cc2)n1. The van der Waals surface area contributed by atoms with Gasteiger partial charge >= 0.3 is 0 Å². The summed E-state index contributed by atoms with van der Waals surface area (Å²) >= 11 is 0. The lowest BCUT2D eigenvalue weighted by Crippen LogP contribution is -2.23. The summed E-state index contributed by atoms with van der Waals surface area (Å²) in [5.41, 5.74) is 8.50. The van der Waals surface area contributed by atoms with Gasteiger partial charge in [0, 0.05) is 17.8 Å². The predicted molar refractivity (Wildman–Crippen MR) is 82.5 cm³/mol. The third-order valence-electron chi connectivity index (χ3n) is 2.86. The minimum absolute atomic E-state index is 0.175. The van der Waals surface area contributed by atoms with Crippen LogP contribution in [0.15, 0.2) is 42.5 Å². The summed E-state index contributed by atoms with van der Waals surface area (Å²) in [5.74, 6) is 5.58. The molecule has 0 saturated heterocycles. The van der Waals surface area contributed by atoms with Crippen molar-refractivity contribution in [1.29, 1.82) is 0 Å². The highest BCUT2D eigenvalue weighted by Crippen LogP contribution is 2.04. The molecule has 0 radical (unpaired) electrons. The molecule has 1 heterocycles.